The number of nitrogens with zero attached hydrogens (tertiary/aromatic N) is 2. The molecular formula is C21H25F3N4O2S. The highest BCUT2D eigenvalue weighted by atomic mass is 32.1. The van der Waals surface area contributed by atoms with Gasteiger partial charge in [0, 0.05) is 38.0 Å². The number of halogens is 3. The Morgan fingerprint density at radius 1 is 1.16 bits per heavy atom. The molecule has 0 radical (unpaired) electrons. The summed E-state index contributed by atoms with van der Waals surface area (Å²) in [5.41, 5.74) is -0.376. The highest BCUT2D eigenvalue weighted by molar-refractivity contribution is 7.18. The van der Waals surface area contributed by atoms with Gasteiger partial charge in [-0.3, -0.25) is 14.5 Å². The van der Waals surface area contributed by atoms with Crippen molar-refractivity contribution in [3.63, 3.8) is 0 Å². The number of piperidine rings is 1. The van der Waals surface area contributed by atoms with Crippen LogP contribution < -0.4 is 10.6 Å². The van der Waals surface area contributed by atoms with Gasteiger partial charge in [-0.15, -0.1) is 11.3 Å². The van der Waals surface area contributed by atoms with E-state index in [0.717, 1.165) is 50.9 Å². The summed E-state index contributed by atoms with van der Waals surface area (Å²) in [5, 5.41) is 6.65. The average Bonchev–Trinajstić information content (AvgIpc) is 3.48. The maximum atomic E-state index is 12.8. The number of benzene rings is 1. The van der Waals surface area contributed by atoms with E-state index in [9.17, 15) is 22.8 Å². The maximum Gasteiger partial charge on any atom is 0.416 e. The third-order valence-electron chi connectivity index (χ3n) is 5.67. The van der Waals surface area contributed by atoms with Crippen molar-refractivity contribution in [1.29, 1.82) is 0 Å². The Bertz CT molecular complexity index is 950. The number of likely N-dealkylation sites (tertiary alicyclic amines) is 1. The van der Waals surface area contributed by atoms with Crippen molar-refractivity contribution in [2.45, 2.75) is 44.3 Å². The second kappa shape index (κ2) is 9.12. The van der Waals surface area contributed by atoms with Crippen LogP contribution in [0.1, 0.15) is 36.3 Å². The molecule has 1 saturated heterocycles. The number of hydrogen-bond donors (Lipinski definition) is 2. The lowest BCUT2D eigenvalue weighted by atomic mass is 10.0. The van der Waals surface area contributed by atoms with E-state index in [2.05, 4.69) is 20.5 Å². The molecule has 4 rings (SSSR count). The molecule has 2 amide bonds. The summed E-state index contributed by atoms with van der Waals surface area (Å²) in [6, 6.07) is 3.76. The van der Waals surface area contributed by atoms with E-state index < -0.39 is 11.7 Å². The molecule has 2 aromatic rings. The maximum absolute atomic E-state index is 12.8. The summed E-state index contributed by atoms with van der Waals surface area (Å²) in [6.45, 7) is 2.22. The fourth-order valence-electron chi connectivity index (χ4n) is 3.73. The number of carbonyl (C=O) groups is 2. The van der Waals surface area contributed by atoms with Crippen molar-refractivity contribution >= 4 is 33.4 Å². The van der Waals surface area contributed by atoms with Crippen LogP contribution >= 0.6 is 11.3 Å². The zero-order valence-electron chi connectivity index (χ0n) is 17.0. The summed E-state index contributed by atoms with van der Waals surface area (Å²) in [4.78, 5) is 30.4. The molecule has 2 N–H and O–H groups in total. The van der Waals surface area contributed by atoms with Crippen molar-refractivity contribution in [2.75, 3.05) is 26.2 Å². The fraction of sp³-hybridized carbons (Fsp3) is 0.571. The molecule has 1 aliphatic heterocycles. The zero-order chi connectivity index (χ0) is 22.0. The Morgan fingerprint density at radius 2 is 1.90 bits per heavy atom. The molecule has 168 valence electrons. The molecule has 1 aromatic carbocycles. The van der Waals surface area contributed by atoms with Crippen molar-refractivity contribution in [3.05, 3.63) is 28.8 Å². The lowest BCUT2D eigenvalue weighted by Crippen LogP contribution is -2.47. The summed E-state index contributed by atoms with van der Waals surface area (Å²) >= 11 is 1.34. The number of hydrogen-bond acceptors (Lipinski definition) is 5. The van der Waals surface area contributed by atoms with Gasteiger partial charge >= 0.3 is 6.18 Å². The van der Waals surface area contributed by atoms with Crippen molar-refractivity contribution < 1.29 is 22.8 Å². The first kappa shape index (κ1) is 22.0. The minimum Gasteiger partial charge on any atom is -0.355 e. The molecule has 0 unspecified atom stereocenters. The number of carbonyl (C=O) groups excluding carboxylic acids is 2. The molecule has 0 bridgehead atoms. The van der Waals surface area contributed by atoms with Gasteiger partial charge in [0.2, 0.25) is 11.8 Å². The van der Waals surface area contributed by atoms with Crippen LogP contribution in [0.4, 0.5) is 13.2 Å². The lowest BCUT2D eigenvalue weighted by Gasteiger charge is -2.31. The Morgan fingerprint density at radius 3 is 2.58 bits per heavy atom. The Balaban J connectivity index is 1.18. The van der Waals surface area contributed by atoms with E-state index in [4.69, 9.17) is 0 Å². The minimum atomic E-state index is -4.39. The van der Waals surface area contributed by atoms with Crippen LogP contribution in [0, 0.1) is 5.92 Å². The Hall–Kier alpha value is -2.20. The SMILES string of the molecule is O=C(CN1CCC(NC(=O)C2CC2)CC1)NCCc1nc2cc(C(F)(F)F)ccc2s1. The second-order valence-electron chi connectivity index (χ2n) is 8.22. The number of aromatic nitrogens is 1. The van der Waals surface area contributed by atoms with Gasteiger partial charge in [0.1, 0.15) is 0 Å². The first-order valence-corrected chi connectivity index (χ1v) is 11.4. The first-order valence-electron chi connectivity index (χ1n) is 10.5. The van der Waals surface area contributed by atoms with Gasteiger partial charge in [-0.2, -0.15) is 13.2 Å². The largest absolute Gasteiger partial charge is 0.416 e. The normalized spacial score (nSPS) is 18.3. The van der Waals surface area contributed by atoms with Crippen LogP contribution in [0.15, 0.2) is 18.2 Å². The molecule has 2 heterocycles. The molecule has 0 spiro atoms. The van der Waals surface area contributed by atoms with Crippen molar-refractivity contribution in [3.8, 4) is 0 Å². The quantitative estimate of drug-likeness (QED) is 0.675. The molecule has 10 heteroatoms. The minimum absolute atomic E-state index is 0.0825. The van der Waals surface area contributed by atoms with Crippen LogP contribution in [-0.4, -0.2) is 53.9 Å². The van der Waals surface area contributed by atoms with Crippen molar-refractivity contribution in [2.24, 2.45) is 5.92 Å². The van der Waals surface area contributed by atoms with Crippen LogP contribution in [0.3, 0.4) is 0 Å². The second-order valence-corrected chi connectivity index (χ2v) is 9.34. The van der Waals surface area contributed by atoms with E-state index >= 15 is 0 Å². The van der Waals surface area contributed by atoms with E-state index in [1.807, 2.05) is 0 Å². The molecule has 1 aliphatic carbocycles. The smallest absolute Gasteiger partial charge is 0.355 e. The fourth-order valence-corrected chi connectivity index (χ4v) is 4.67. The van der Waals surface area contributed by atoms with Crippen LogP contribution in [0.2, 0.25) is 0 Å². The first-order chi connectivity index (χ1) is 14.8. The summed E-state index contributed by atoms with van der Waals surface area (Å²) in [7, 11) is 0. The average molecular weight is 455 g/mol. The molecule has 2 fully saturated rings. The van der Waals surface area contributed by atoms with E-state index in [1.165, 1.54) is 17.4 Å². The number of alkyl halides is 3. The van der Waals surface area contributed by atoms with Gasteiger partial charge < -0.3 is 10.6 Å². The molecule has 31 heavy (non-hydrogen) atoms. The zero-order valence-corrected chi connectivity index (χ0v) is 17.8. The number of thiazole rings is 1. The van der Waals surface area contributed by atoms with Crippen LogP contribution in [-0.2, 0) is 22.2 Å². The number of nitrogens with one attached hydrogen (secondary N) is 2. The predicted molar refractivity (Wildman–Crippen MR) is 112 cm³/mol. The van der Waals surface area contributed by atoms with E-state index in [-0.39, 0.29) is 23.8 Å². The highest BCUT2D eigenvalue weighted by Gasteiger charge is 2.32. The Kier molecular flexibility index (Phi) is 6.47. The third kappa shape index (κ3) is 5.94. The summed E-state index contributed by atoms with van der Waals surface area (Å²) in [6.07, 6.45) is -0.230. The number of fused-ring (bicyclic) bond motifs is 1. The Labute approximate surface area is 182 Å². The van der Waals surface area contributed by atoms with Gasteiger partial charge in [0.25, 0.3) is 0 Å². The van der Waals surface area contributed by atoms with Gasteiger partial charge in [0.15, 0.2) is 0 Å². The van der Waals surface area contributed by atoms with Gasteiger partial charge in [-0.25, -0.2) is 4.98 Å². The third-order valence-corrected chi connectivity index (χ3v) is 6.77. The van der Waals surface area contributed by atoms with Crippen LogP contribution in [0.5, 0.6) is 0 Å². The topological polar surface area (TPSA) is 74.3 Å². The van der Waals surface area contributed by atoms with Crippen LogP contribution in [0.25, 0.3) is 10.2 Å². The predicted octanol–water partition coefficient (Wildman–Crippen LogP) is 2.96. The van der Waals surface area contributed by atoms with Gasteiger partial charge in [-0.1, -0.05) is 0 Å². The lowest BCUT2D eigenvalue weighted by molar-refractivity contribution is -0.137. The highest BCUT2D eigenvalue weighted by Crippen LogP contribution is 2.33. The molecule has 0 atom stereocenters. The molecular weight excluding hydrogens is 429 g/mol. The standard InChI is InChI=1S/C21H25F3N4O2S/c22-21(23,24)14-3-4-17-16(11-14)27-19(31-17)5-8-25-18(29)12-28-9-6-15(7-10-28)26-20(30)13-1-2-13/h3-4,11,13,15H,1-2,5-10,12H2,(H,25,29)(H,26,30). The molecule has 1 aromatic heterocycles. The number of rotatable bonds is 7. The van der Waals surface area contributed by atoms with Crippen molar-refractivity contribution in [1.82, 2.24) is 20.5 Å². The van der Waals surface area contributed by atoms with Gasteiger partial charge in [-0.05, 0) is 43.9 Å². The molecule has 6 nitrogen and oxygen atoms in total. The number of amides is 2. The molecule has 1 saturated carbocycles. The molecule has 2 aliphatic rings. The van der Waals surface area contributed by atoms with E-state index in [0.29, 0.717) is 34.7 Å². The summed E-state index contributed by atoms with van der Waals surface area (Å²) in [5.74, 6) is 0.299. The van der Waals surface area contributed by atoms with Gasteiger partial charge in [0.05, 0.1) is 27.3 Å². The van der Waals surface area contributed by atoms with E-state index in [1.54, 1.807) is 0 Å². The monoisotopic (exact) mass is 454 g/mol. The summed E-state index contributed by atoms with van der Waals surface area (Å²) < 4.78 is 39.2.